The number of unbranched alkanes of at least 4 members (excludes halogenated alkanes) is 43. The van der Waals surface area contributed by atoms with Gasteiger partial charge in [0.25, 0.3) is 0 Å². The van der Waals surface area contributed by atoms with Crippen LogP contribution in [0.4, 0.5) is 0 Å². The van der Waals surface area contributed by atoms with Crippen LogP contribution in [0.5, 0.6) is 0 Å². The SMILES string of the molecule is CCCCCCCCCCC/C=C/CCCCCCCC(=O)OC(CCCCCCCCCCCCCCCCCC)CC(=O)NC(CO)C(O)CCCCCCCCCCCCCCCCC. The Kier molecular flexibility index (Phi) is 55.3. The Balaban J connectivity index is 4.50. The minimum atomic E-state index is -0.784. The first-order valence-corrected chi connectivity index (χ1v) is 30.9. The number of carbonyl (C=O) groups is 2. The molecule has 0 rings (SSSR count). The highest BCUT2D eigenvalue weighted by Crippen LogP contribution is 2.19. The number of aliphatic hydroxyl groups excluding tert-OH is 2. The average Bonchev–Trinajstić information content (AvgIpc) is 3.33. The maximum Gasteiger partial charge on any atom is 0.306 e. The molecule has 0 fully saturated rings. The molecule has 0 saturated carbocycles. The van der Waals surface area contributed by atoms with Crippen LogP contribution in [0.2, 0.25) is 0 Å². The highest BCUT2D eigenvalue weighted by Gasteiger charge is 2.24. The van der Waals surface area contributed by atoms with Crippen LogP contribution < -0.4 is 5.32 Å². The molecule has 3 N–H and O–H groups in total. The van der Waals surface area contributed by atoms with Gasteiger partial charge in [-0.25, -0.2) is 0 Å². The van der Waals surface area contributed by atoms with Crippen molar-refractivity contribution in [1.29, 1.82) is 0 Å². The molecule has 0 saturated heterocycles. The second-order valence-electron chi connectivity index (χ2n) is 21.5. The van der Waals surface area contributed by atoms with E-state index in [0.717, 1.165) is 51.4 Å². The molecular formula is C62H121NO5. The molecule has 6 nitrogen and oxygen atoms in total. The fraction of sp³-hybridized carbons (Fsp3) is 0.935. The van der Waals surface area contributed by atoms with Gasteiger partial charge in [0.05, 0.1) is 25.2 Å². The summed E-state index contributed by atoms with van der Waals surface area (Å²) in [5.74, 6) is -0.457. The predicted molar refractivity (Wildman–Crippen MR) is 297 cm³/mol. The summed E-state index contributed by atoms with van der Waals surface area (Å²) in [7, 11) is 0. The van der Waals surface area contributed by atoms with E-state index in [-0.39, 0.29) is 24.9 Å². The van der Waals surface area contributed by atoms with Crippen molar-refractivity contribution < 1.29 is 24.5 Å². The van der Waals surface area contributed by atoms with Gasteiger partial charge >= 0.3 is 5.97 Å². The minimum absolute atomic E-state index is 0.0826. The molecular weight excluding hydrogens is 839 g/mol. The third kappa shape index (κ3) is 51.0. The van der Waals surface area contributed by atoms with Crippen molar-refractivity contribution >= 4 is 11.9 Å². The van der Waals surface area contributed by atoms with Crippen LogP contribution in [0.15, 0.2) is 12.2 Å². The van der Waals surface area contributed by atoms with Gasteiger partial charge in [0.1, 0.15) is 6.10 Å². The number of amides is 1. The van der Waals surface area contributed by atoms with E-state index >= 15 is 0 Å². The fourth-order valence-electron chi connectivity index (χ4n) is 9.90. The number of aliphatic hydroxyl groups is 2. The molecule has 0 aromatic carbocycles. The summed E-state index contributed by atoms with van der Waals surface area (Å²) in [6.07, 6.45) is 65.7. The number of hydrogen-bond donors (Lipinski definition) is 3. The van der Waals surface area contributed by atoms with Gasteiger partial charge in [-0.3, -0.25) is 9.59 Å². The zero-order valence-corrected chi connectivity index (χ0v) is 46.3. The van der Waals surface area contributed by atoms with Crippen molar-refractivity contribution in [3.8, 4) is 0 Å². The number of rotatable bonds is 57. The standard InChI is InChI=1S/C62H121NO5/c1-4-7-10-13-16-19-22-25-28-30-31-34-37-40-43-46-49-52-55-62(67)68-58(53-50-47-44-41-38-35-33-29-26-23-20-17-14-11-8-5-2)56-61(66)63-59(57-64)60(65)54-51-48-45-42-39-36-32-27-24-21-18-15-12-9-6-3/h31,34,58-60,64-65H,4-30,32-33,35-57H2,1-3H3,(H,63,66)/b34-31+. The fourth-order valence-corrected chi connectivity index (χ4v) is 9.90. The Hall–Kier alpha value is -1.40. The number of allylic oxidation sites excluding steroid dienone is 2. The van der Waals surface area contributed by atoms with Crippen LogP contribution in [0.1, 0.15) is 348 Å². The Morgan fingerprint density at radius 3 is 1.04 bits per heavy atom. The Morgan fingerprint density at radius 2 is 0.706 bits per heavy atom. The summed E-state index contributed by atoms with van der Waals surface area (Å²) in [6.45, 7) is 6.54. The number of hydrogen-bond acceptors (Lipinski definition) is 5. The van der Waals surface area contributed by atoms with Gasteiger partial charge < -0.3 is 20.3 Å². The molecule has 6 heteroatoms. The Morgan fingerprint density at radius 1 is 0.412 bits per heavy atom. The van der Waals surface area contributed by atoms with Crippen molar-refractivity contribution in [2.45, 2.75) is 366 Å². The van der Waals surface area contributed by atoms with E-state index in [1.807, 2.05) is 0 Å². The van der Waals surface area contributed by atoms with Gasteiger partial charge in [0, 0.05) is 6.42 Å². The van der Waals surface area contributed by atoms with Crippen LogP contribution >= 0.6 is 0 Å². The molecule has 404 valence electrons. The van der Waals surface area contributed by atoms with Crippen molar-refractivity contribution in [3.05, 3.63) is 12.2 Å². The van der Waals surface area contributed by atoms with Gasteiger partial charge in [0.15, 0.2) is 0 Å². The van der Waals surface area contributed by atoms with Crippen molar-refractivity contribution in [1.82, 2.24) is 5.32 Å². The predicted octanol–water partition coefficient (Wildman–Crippen LogP) is 19.2. The molecule has 0 aromatic heterocycles. The Bertz CT molecular complexity index is 1030. The summed E-state index contributed by atoms with van der Waals surface area (Å²) >= 11 is 0. The van der Waals surface area contributed by atoms with Gasteiger partial charge in [-0.2, -0.15) is 0 Å². The van der Waals surface area contributed by atoms with Crippen LogP contribution in [-0.4, -0.2) is 46.9 Å². The first-order valence-electron chi connectivity index (χ1n) is 30.9. The lowest BCUT2D eigenvalue weighted by Crippen LogP contribution is -2.46. The molecule has 3 unspecified atom stereocenters. The van der Waals surface area contributed by atoms with E-state index in [0.29, 0.717) is 19.3 Å². The van der Waals surface area contributed by atoms with Crippen molar-refractivity contribution in [2.24, 2.45) is 0 Å². The second-order valence-corrected chi connectivity index (χ2v) is 21.5. The van der Waals surface area contributed by atoms with Gasteiger partial charge in [-0.1, -0.05) is 296 Å². The van der Waals surface area contributed by atoms with E-state index in [9.17, 15) is 19.8 Å². The van der Waals surface area contributed by atoms with Crippen LogP contribution in [0.25, 0.3) is 0 Å². The van der Waals surface area contributed by atoms with Crippen LogP contribution in [0, 0.1) is 0 Å². The van der Waals surface area contributed by atoms with E-state index < -0.39 is 18.2 Å². The third-order valence-electron chi connectivity index (χ3n) is 14.6. The summed E-state index contributed by atoms with van der Waals surface area (Å²) in [5.41, 5.74) is 0. The maximum absolute atomic E-state index is 13.3. The molecule has 0 spiro atoms. The lowest BCUT2D eigenvalue weighted by Gasteiger charge is -2.24. The van der Waals surface area contributed by atoms with E-state index in [1.165, 1.54) is 250 Å². The number of carbonyl (C=O) groups excluding carboxylic acids is 2. The van der Waals surface area contributed by atoms with Crippen molar-refractivity contribution in [2.75, 3.05) is 6.61 Å². The topological polar surface area (TPSA) is 95.9 Å². The smallest absolute Gasteiger partial charge is 0.306 e. The largest absolute Gasteiger partial charge is 0.462 e. The van der Waals surface area contributed by atoms with Crippen LogP contribution in [0.3, 0.4) is 0 Å². The van der Waals surface area contributed by atoms with Crippen LogP contribution in [-0.2, 0) is 14.3 Å². The third-order valence-corrected chi connectivity index (χ3v) is 14.6. The van der Waals surface area contributed by atoms with E-state index in [1.54, 1.807) is 0 Å². The molecule has 0 radical (unpaired) electrons. The van der Waals surface area contributed by atoms with E-state index in [2.05, 4.69) is 38.2 Å². The summed E-state index contributed by atoms with van der Waals surface area (Å²) < 4.78 is 5.98. The highest BCUT2D eigenvalue weighted by molar-refractivity contribution is 5.77. The summed E-state index contributed by atoms with van der Waals surface area (Å²) in [5, 5.41) is 23.9. The van der Waals surface area contributed by atoms with Gasteiger partial charge in [-0.05, 0) is 51.4 Å². The lowest BCUT2D eigenvalue weighted by atomic mass is 10.0. The number of nitrogens with one attached hydrogen (secondary N) is 1. The number of esters is 1. The van der Waals surface area contributed by atoms with Gasteiger partial charge in [0.2, 0.25) is 5.91 Å². The lowest BCUT2D eigenvalue weighted by molar-refractivity contribution is -0.151. The van der Waals surface area contributed by atoms with Crippen molar-refractivity contribution in [3.63, 3.8) is 0 Å². The number of ether oxygens (including phenoxy) is 1. The molecule has 0 aliphatic carbocycles. The molecule has 68 heavy (non-hydrogen) atoms. The zero-order valence-electron chi connectivity index (χ0n) is 46.3. The second kappa shape index (κ2) is 56.5. The molecule has 0 aromatic rings. The molecule has 0 heterocycles. The summed E-state index contributed by atoms with van der Waals surface area (Å²) in [4.78, 5) is 26.3. The minimum Gasteiger partial charge on any atom is -0.462 e. The van der Waals surface area contributed by atoms with E-state index in [4.69, 9.17) is 4.74 Å². The zero-order chi connectivity index (χ0) is 49.5. The normalized spacial score (nSPS) is 13.1. The molecule has 0 aliphatic rings. The monoisotopic (exact) mass is 960 g/mol. The molecule has 3 atom stereocenters. The first kappa shape index (κ1) is 66.6. The first-order chi connectivity index (χ1) is 33.5. The molecule has 1 amide bonds. The Labute approximate surface area is 425 Å². The molecule has 0 bridgehead atoms. The highest BCUT2D eigenvalue weighted by atomic mass is 16.5. The molecule has 0 aliphatic heterocycles. The quantitative estimate of drug-likeness (QED) is 0.0321. The summed E-state index contributed by atoms with van der Waals surface area (Å²) in [6, 6.07) is -0.698. The maximum atomic E-state index is 13.3. The average molecular weight is 961 g/mol. The van der Waals surface area contributed by atoms with Gasteiger partial charge in [-0.15, -0.1) is 0 Å².